The Bertz CT molecular complexity index is 680. The van der Waals surface area contributed by atoms with Crippen LogP contribution >= 0.6 is 0 Å². The Morgan fingerprint density at radius 1 is 1.05 bits per heavy atom. The molecule has 0 atom stereocenters. The van der Waals surface area contributed by atoms with Crippen molar-refractivity contribution in [2.24, 2.45) is 0 Å². The van der Waals surface area contributed by atoms with Crippen LogP contribution in [-0.4, -0.2) is 23.5 Å². The number of hydrogen-bond donors (Lipinski definition) is 1. The van der Waals surface area contributed by atoms with Crippen LogP contribution in [0.25, 0.3) is 5.65 Å². The highest BCUT2D eigenvalue weighted by atomic mass is 15.1. The maximum atomic E-state index is 4.58. The van der Waals surface area contributed by atoms with E-state index < -0.39 is 0 Å². The number of fused-ring (bicyclic) bond motifs is 1. The molecule has 4 heteroatoms. The number of nitrogens with one attached hydrogen (secondary N) is 1. The maximum absolute atomic E-state index is 4.58. The lowest BCUT2D eigenvalue weighted by Gasteiger charge is -2.12. The Hall–Kier alpha value is -2.33. The van der Waals surface area contributed by atoms with Crippen LogP contribution in [0.5, 0.6) is 0 Å². The van der Waals surface area contributed by atoms with Gasteiger partial charge in [-0.05, 0) is 29.8 Å². The molecular weight excluding hydrogens is 260 g/mol. The summed E-state index contributed by atoms with van der Waals surface area (Å²) in [5.41, 5.74) is 4.55. The van der Waals surface area contributed by atoms with Crippen LogP contribution in [0.3, 0.4) is 0 Å². The summed E-state index contributed by atoms with van der Waals surface area (Å²) in [5.74, 6) is 0. The molecular formula is C17H20N4. The largest absolute Gasteiger partial charge is 0.378 e. The highest BCUT2D eigenvalue weighted by molar-refractivity contribution is 5.46. The second-order valence-electron chi connectivity index (χ2n) is 5.36. The van der Waals surface area contributed by atoms with Crippen molar-refractivity contribution in [2.45, 2.75) is 13.1 Å². The summed E-state index contributed by atoms with van der Waals surface area (Å²) in [5, 5.41) is 3.44. The van der Waals surface area contributed by atoms with E-state index in [-0.39, 0.29) is 0 Å². The number of aromatic nitrogens is 2. The highest BCUT2D eigenvalue weighted by Crippen LogP contribution is 2.12. The van der Waals surface area contributed by atoms with Gasteiger partial charge in [0.2, 0.25) is 0 Å². The quantitative estimate of drug-likeness (QED) is 0.780. The fourth-order valence-electron chi connectivity index (χ4n) is 2.32. The van der Waals surface area contributed by atoms with Crippen molar-refractivity contribution >= 4 is 11.3 Å². The summed E-state index contributed by atoms with van der Waals surface area (Å²) in [7, 11) is 4.10. The maximum Gasteiger partial charge on any atom is 0.137 e. The molecule has 2 heterocycles. The number of pyridine rings is 1. The molecule has 1 aromatic carbocycles. The minimum Gasteiger partial charge on any atom is -0.378 e. The normalized spacial score (nSPS) is 11.0. The minimum absolute atomic E-state index is 0.775. The molecule has 0 unspecified atom stereocenters. The van der Waals surface area contributed by atoms with E-state index in [2.05, 4.69) is 59.8 Å². The molecule has 0 bridgehead atoms. The third kappa shape index (κ3) is 3.23. The van der Waals surface area contributed by atoms with Gasteiger partial charge in [0.05, 0.1) is 5.69 Å². The van der Waals surface area contributed by atoms with Crippen LogP contribution in [0.1, 0.15) is 11.3 Å². The average molecular weight is 280 g/mol. The standard InChI is InChI=1S/C17H20N4/c1-20(2)16-8-6-14(7-9-16)11-18-12-15-13-21-10-4-3-5-17(21)19-15/h3-10,13,18H,11-12H2,1-2H3. The number of imidazole rings is 1. The molecule has 108 valence electrons. The van der Waals surface area contributed by atoms with E-state index in [0.29, 0.717) is 0 Å². The number of hydrogen-bond acceptors (Lipinski definition) is 3. The third-order valence-electron chi connectivity index (χ3n) is 3.50. The summed E-state index contributed by atoms with van der Waals surface area (Å²) in [4.78, 5) is 6.68. The summed E-state index contributed by atoms with van der Waals surface area (Å²) in [6.07, 6.45) is 4.09. The second kappa shape index (κ2) is 5.97. The zero-order chi connectivity index (χ0) is 14.7. The van der Waals surface area contributed by atoms with Crippen LogP contribution < -0.4 is 10.2 Å². The summed E-state index contributed by atoms with van der Waals surface area (Å²) < 4.78 is 2.04. The van der Waals surface area contributed by atoms with Gasteiger partial charge in [-0.2, -0.15) is 0 Å². The Labute approximate surface area is 125 Å². The topological polar surface area (TPSA) is 32.6 Å². The lowest BCUT2D eigenvalue weighted by molar-refractivity contribution is 0.683. The molecule has 3 aromatic rings. The Morgan fingerprint density at radius 3 is 2.57 bits per heavy atom. The zero-order valence-corrected chi connectivity index (χ0v) is 12.5. The summed E-state index contributed by atoms with van der Waals surface area (Å²) in [6.45, 7) is 1.62. The molecule has 0 radical (unpaired) electrons. The number of anilines is 1. The predicted molar refractivity (Wildman–Crippen MR) is 86.5 cm³/mol. The van der Waals surface area contributed by atoms with Crippen molar-refractivity contribution in [2.75, 3.05) is 19.0 Å². The number of benzene rings is 1. The van der Waals surface area contributed by atoms with Crippen molar-refractivity contribution < 1.29 is 0 Å². The molecule has 21 heavy (non-hydrogen) atoms. The minimum atomic E-state index is 0.775. The van der Waals surface area contributed by atoms with Gasteiger partial charge in [-0.1, -0.05) is 18.2 Å². The summed E-state index contributed by atoms with van der Waals surface area (Å²) in [6, 6.07) is 14.6. The Morgan fingerprint density at radius 2 is 1.86 bits per heavy atom. The van der Waals surface area contributed by atoms with Crippen LogP contribution in [0, 0.1) is 0 Å². The van der Waals surface area contributed by atoms with E-state index in [9.17, 15) is 0 Å². The number of rotatable bonds is 5. The van der Waals surface area contributed by atoms with Gasteiger partial charge in [-0.15, -0.1) is 0 Å². The summed E-state index contributed by atoms with van der Waals surface area (Å²) >= 11 is 0. The molecule has 0 saturated heterocycles. The first kappa shape index (κ1) is 13.6. The van der Waals surface area contributed by atoms with Crippen LogP contribution in [0.15, 0.2) is 54.9 Å². The second-order valence-corrected chi connectivity index (χ2v) is 5.36. The first-order valence-electron chi connectivity index (χ1n) is 7.12. The van der Waals surface area contributed by atoms with Gasteiger partial charge in [-0.3, -0.25) is 0 Å². The van der Waals surface area contributed by atoms with Gasteiger partial charge in [0.15, 0.2) is 0 Å². The molecule has 0 amide bonds. The van der Waals surface area contributed by atoms with Gasteiger partial charge < -0.3 is 14.6 Å². The van der Waals surface area contributed by atoms with Crippen molar-refractivity contribution in [3.05, 3.63) is 66.1 Å². The molecule has 3 rings (SSSR count). The molecule has 0 aliphatic carbocycles. The molecule has 0 fully saturated rings. The first-order chi connectivity index (χ1) is 10.2. The van der Waals surface area contributed by atoms with Gasteiger partial charge >= 0.3 is 0 Å². The Balaban J connectivity index is 1.58. The van der Waals surface area contributed by atoms with E-state index in [1.165, 1.54) is 11.3 Å². The SMILES string of the molecule is CN(C)c1ccc(CNCc2cn3ccccc3n2)cc1. The average Bonchev–Trinajstić information content (AvgIpc) is 2.90. The van der Waals surface area contributed by atoms with Gasteiger partial charge in [0, 0.05) is 45.3 Å². The monoisotopic (exact) mass is 280 g/mol. The fourth-order valence-corrected chi connectivity index (χ4v) is 2.32. The smallest absolute Gasteiger partial charge is 0.137 e. The van der Waals surface area contributed by atoms with Crippen LogP contribution in [-0.2, 0) is 13.1 Å². The van der Waals surface area contributed by atoms with Crippen molar-refractivity contribution in [3.63, 3.8) is 0 Å². The lowest BCUT2D eigenvalue weighted by atomic mass is 10.2. The molecule has 2 aromatic heterocycles. The van der Waals surface area contributed by atoms with E-state index in [0.717, 1.165) is 24.4 Å². The van der Waals surface area contributed by atoms with Gasteiger partial charge in [-0.25, -0.2) is 4.98 Å². The van der Waals surface area contributed by atoms with Crippen LogP contribution in [0.4, 0.5) is 5.69 Å². The molecule has 1 N–H and O–H groups in total. The van der Waals surface area contributed by atoms with Crippen LogP contribution in [0.2, 0.25) is 0 Å². The molecule has 4 nitrogen and oxygen atoms in total. The molecule has 0 aliphatic rings. The fraction of sp³-hybridized carbons (Fsp3) is 0.235. The number of nitrogens with zero attached hydrogens (tertiary/aromatic N) is 3. The highest BCUT2D eigenvalue weighted by Gasteiger charge is 2.01. The lowest BCUT2D eigenvalue weighted by Crippen LogP contribution is -2.13. The zero-order valence-electron chi connectivity index (χ0n) is 12.5. The van der Waals surface area contributed by atoms with E-state index >= 15 is 0 Å². The van der Waals surface area contributed by atoms with Gasteiger partial charge in [0.1, 0.15) is 5.65 Å². The third-order valence-corrected chi connectivity index (χ3v) is 3.50. The van der Waals surface area contributed by atoms with Crippen molar-refractivity contribution in [3.8, 4) is 0 Å². The van der Waals surface area contributed by atoms with Crippen molar-refractivity contribution in [1.82, 2.24) is 14.7 Å². The Kier molecular flexibility index (Phi) is 3.88. The first-order valence-corrected chi connectivity index (χ1v) is 7.12. The van der Waals surface area contributed by atoms with E-state index in [4.69, 9.17) is 0 Å². The molecule has 0 aliphatic heterocycles. The van der Waals surface area contributed by atoms with E-state index in [1.807, 2.05) is 28.8 Å². The molecule has 0 saturated carbocycles. The van der Waals surface area contributed by atoms with Gasteiger partial charge in [0.25, 0.3) is 0 Å². The van der Waals surface area contributed by atoms with Crippen molar-refractivity contribution in [1.29, 1.82) is 0 Å². The molecule has 0 spiro atoms. The predicted octanol–water partition coefficient (Wildman–Crippen LogP) is 2.69. The van der Waals surface area contributed by atoms with E-state index in [1.54, 1.807) is 0 Å².